The molecular formula is C13H14ClN3O2. The zero-order chi connectivity index (χ0) is 13.6. The summed E-state index contributed by atoms with van der Waals surface area (Å²) >= 11 is 6.45. The minimum atomic E-state index is 0.498. The predicted octanol–water partition coefficient (Wildman–Crippen LogP) is 2.40. The van der Waals surface area contributed by atoms with Gasteiger partial charge in [0, 0.05) is 18.2 Å². The lowest BCUT2D eigenvalue weighted by Gasteiger charge is -2.22. The number of nitrogens with zero attached hydrogens (tertiary/aromatic N) is 2. The minimum absolute atomic E-state index is 0.498. The Morgan fingerprint density at radius 3 is 2.79 bits per heavy atom. The monoisotopic (exact) mass is 279 g/mol. The summed E-state index contributed by atoms with van der Waals surface area (Å²) in [5.74, 6) is 1.83. The molecule has 0 atom stereocenters. The fraction of sp³-hybridized carbons (Fsp3) is 0.308. The largest absolute Gasteiger partial charge is 0.486 e. The van der Waals surface area contributed by atoms with Gasteiger partial charge in [0.2, 0.25) is 0 Å². The quantitative estimate of drug-likeness (QED) is 0.871. The summed E-state index contributed by atoms with van der Waals surface area (Å²) in [6, 6.07) is 1.92. The van der Waals surface area contributed by atoms with Crippen molar-refractivity contribution in [3.8, 4) is 22.6 Å². The van der Waals surface area contributed by atoms with Crippen LogP contribution in [0.2, 0.25) is 5.02 Å². The highest BCUT2D eigenvalue weighted by molar-refractivity contribution is 6.35. The lowest BCUT2D eigenvalue weighted by atomic mass is 10.0. The number of hydrogen-bond donors (Lipinski definition) is 1. The standard InChI is InChI=1S/C13H14ClN3O2/c1-7-5-9-12(19-4-3-18-9)11(14)10(7)8-6-16-17(2)13(8)15/h5-6H,3-4,15H2,1-2H3. The Balaban J connectivity index is 2.24. The van der Waals surface area contributed by atoms with Gasteiger partial charge in [-0.15, -0.1) is 0 Å². The molecule has 0 radical (unpaired) electrons. The molecule has 100 valence electrons. The summed E-state index contributed by atoms with van der Waals surface area (Å²) < 4.78 is 12.8. The first-order valence-corrected chi connectivity index (χ1v) is 6.34. The fourth-order valence-electron chi connectivity index (χ4n) is 2.24. The van der Waals surface area contributed by atoms with Crippen LogP contribution in [0.3, 0.4) is 0 Å². The molecule has 0 unspecified atom stereocenters. The number of fused-ring (bicyclic) bond motifs is 1. The van der Waals surface area contributed by atoms with Crippen molar-refractivity contribution in [3.05, 3.63) is 22.8 Å². The number of rotatable bonds is 1. The van der Waals surface area contributed by atoms with Gasteiger partial charge in [-0.1, -0.05) is 11.6 Å². The third-order valence-electron chi connectivity index (χ3n) is 3.23. The molecule has 1 aromatic carbocycles. The Morgan fingerprint density at radius 2 is 2.11 bits per heavy atom. The summed E-state index contributed by atoms with van der Waals surface area (Å²) in [5, 5.41) is 4.67. The van der Waals surface area contributed by atoms with Crippen LogP contribution in [0.5, 0.6) is 11.5 Å². The van der Waals surface area contributed by atoms with Crippen molar-refractivity contribution in [2.24, 2.45) is 7.05 Å². The molecule has 19 heavy (non-hydrogen) atoms. The van der Waals surface area contributed by atoms with Crippen molar-refractivity contribution in [2.45, 2.75) is 6.92 Å². The Hall–Kier alpha value is -1.88. The van der Waals surface area contributed by atoms with Gasteiger partial charge in [0.25, 0.3) is 0 Å². The van der Waals surface area contributed by atoms with Crippen molar-refractivity contribution >= 4 is 17.4 Å². The number of nitrogens with two attached hydrogens (primary N) is 1. The van der Waals surface area contributed by atoms with Gasteiger partial charge in [0.1, 0.15) is 19.0 Å². The van der Waals surface area contributed by atoms with Gasteiger partial charge >= 0.3 is 0 Å². The molecule has 5 nitrogen and oxygen atoms in total. The molecule has 0 saturated carbocycles. The van der Waals surface area contributed by atoms with E-state index in [1.54, 1.807) is 17.9 Å². The second kappa shape index (κ2) is 4.35. The average molecular weight is 280 g/mol. The van der Waals surface area contributed by atoms with Crippen molar-refractivity contribution < 1.29 is 9.47 Å². The zero-order valence-electron chi connectivity index (χ0n) is 10.7. The first kappa shape index (κ1) is 12.2. The molecule has 2 heterocycles. The number of halogens is 1. The van der Waals surface area contributed by atoms with Crippen LogP contribution in [0.1, 0.15) is 5.56 Å². The van der Waals surface area contributed by atoms with Gasteiger partial charge in [-0.2, -0.15) is 5.10 Å². The predicted molar refractivity (Wildman–Crippen MR) is 73.8 cm³/mol. The van der Waals surface area contributed by atoms with Crippen LogP contribution in [0.4, 0.5) is 5.82 Å². The van der Waals surface area contributed by atoms with E-state index in [0.29, 0.717) is 35.6 Å². The summed E-state index contributed by atoms with van der Waals surface area (Å²) in [7, 11) is 1.79. The van der Waals surface area contributed by atoms with Crippen LogP contribution in [0, 0.1) is 6.92 Å². The average Bonchev–Trinajstić information content (AvgIpc) is 2.71. The fourth-order valence-corrected chi connectivity index (χ4v) is 2.64. The topological polar surface area (TPSA) is 62.3 Å². The van der Waals surface area contributed by atoms with E-state index in [2.05, 4.69) is 5.10 Å². The van der Waals surface area contributed by atoms with E-state index in [4.69, 9.17) is 26.8 Å². The molecule has 6 heteroatoms. The van der Waals surface area contributed by atoms with E-state index in [0.717, 1.165) is 16.7 Å². The maximum Gasteiger partial charge on any atom is 0.180 e. The third-order valence-corrected chi connectivity index (χ3v) is 3.59. The van der Waals surface area contributed by atoms with E-state index in [9.17, 15) is 0 Å². The molecule has 1 aromatic heterocycles. The smallest absolute Gasteiger partial charge is 0.180 e. The van der Waals surface area contributed by atoms with Gasteiger partial charge < -0.3 is 15.2 Å². The van der Waals surface area contributed by atoms with Crippen LogP contribution in [0.15, 0.2) is 12.3 Å². The van der Waals surface area contributed by atoms with Gasteiger partial charge in [-0.25, -0.2) is 0 Å². The maximum atomic E-state index is 6.45. The molecule has 1 aliphatic rings. The van der Waals surface area contributed by atoms with Crippen LogP contribution in [-0.2, 0) is 7.05 Å². The van der Waals surface area contributed by atoms with Gasteiger partial charge in [-0.05, 0) is 18.6 Å². The zero-order valence-corrected chi connectivity index (χ0v) is 11.5. The van der Waals surface area contributed by atoms with Crippen molar-refractivity contribution in [1.29, 1.82) is 0 Å². The molecular weight excluding hydrogens is 266 g/mol. The Kier molecular flexibility index (Phi) is 2.78. The Morgan fingerprint density at radius 1 is 1.37 bits per heavy atom. The lowest BCUT2D eigenvalue weighted by molar-refractivity contribution is 0.171. The maximum absolute atomic E-state index is 6.45. The summed E-state index contributed by atoms with van der Waals surface area (Å²) in [5.41, 5.74) is 8.65. The highest BCUT2D eigenvalue weighted by Gasteiger charge is 2.23. The van der Waals surface area contributed by atoms with Crippen LogP contribution < -0.4 is 15.2 Å². The van der Waals surface area contributed by atoms with Crippen LogP contribution >= 0.6 is 11.6 Å². The van der Waals surface area contributed by atoms with Gasteiger partial charge in [-0.3, -0.25) is 4.68 Å². The molecule has 2 aromatic rings. The first-order chi connectivity index (χ1) is 9.09. The number of hydrogen-bond acceptors (Lipinski definition) is 4. The van der Waals surface area contributed by atoms with Gasteiger partial charge in [0.15, 0.2) is 11.5 Å². The highest BCUT2D eigenvalue weighted by atomic mass is 35.5. The van der Waals surface area contributed by atoms with E-state index < -0.39 is 0 Å². The Labute approximate surface area is 115 Å². The lowest BCUT2D eigenvalue weighted by Crippen LogP contribution is -2.16. The van der Waals surface area contributed by atoms with E-state index >= 15 is 0 Å². The molecule has 1 aliphatic heterocycles. The summed E-state index contributed by atoms with van der Waals surface area (Å²) in [6.07, 6.45) is 1.71. The van der Waals surface area contributed by atoms with Crippen molar-refractivity contribution in [2.75, 3.05) is 18.9 Å². The highest BCUT2D eigenvalue weighted by Crippen LogP contribution is 2.46. The molecule has 0 spiro atoms. The van der Waals surface area contributed by atoms with Crippen LogP contribution in [-0.4, -0.2) is 23.0 Å². The van der Waals surface area contributed by atoms with E-state index in [1.165, 1.54) is 0 Å². The molecule has 3 rings (SSSR count). The van der Waals surface area contributed by atoms with E-state index in [1.807, 2.05) is 13.0 Å². The second-order valence-corrected chi connectivity index (χ2v) is 4.85. The van der Waals surface area contributed by atoms with Crippen LogP contribution in [0.25, 0.3) is 11.1 Å². The molecule has 0 fully saturated rings. The number of aromatic nitrogens is 2. The SMILES string of the molecule is Cc1cc2c(c(Cl)c1-c1cnn(C)c1N)OCCO2. The number of ether oxygens (including phenoxy) is 2. The molecule has 0 aliphatic carbocycles. The number of anilines is 1. The normalized spacial score (nSPS) is 13.6. The number of nitrogen functional groups attached to an aromatic ring is 1. The Bertz CT molecular complexity index is 652. The second-order valence-electron chi connectivity index (χ2n) is 4.47. The molecule has 0 saturated heterocycles. The number of aryl methyl sites for hydroxylation is 2. The molecule has 0 amide bonds. The van der Waals surface area contributed by atoms with Gasteiger partial charge in [0.05, 0.1) is 11.2 Å². The summed E-state index contributed by atoms with van der Waals surface area (Å²) in [4.78, 5) is 0. The van der Waals surface area contributed by atoms with Crippen molar-refractivity contribution in [1.82, 2.24) is 9.78 Å². The molecule has 2 N–H and O–H groups in total. The minimum Gasteiger partial charge on any atom is -0.486 e. The van der Waals surface area contributed by atoms with Crippen molar-refractivity contribution in [3.63, 3.8) is 0 Å². The third kappa shape index (κ3) is 1.81. The summed E-state index contributed by atoms with van der Waals surface area (Å²) in [6.45, 7) is 3.00. The number of benzene rings is 1. The molecule has 0 bridgehead atoms. The van der Waals surface area contributed by atoms with E-state index in [-0.39, 0.29) is 0 Å². The first-order valence-electron chi connectivity index (χ1n) is 5.96.